The number of amides is 1. The molecule has 0 bridgehead atoms. The van der Waals surface area contributed by atoms with Gasteiger partial charge in [-0.25, -0.2) is 5.43 Å². The summed E-state index contributed by atoms with van der Waals surface area (Å²) < 4.78 is 13.0. The van der Waals surface area contributed by atoms with Crippen molar-refractivity contribution < 1.29 is 14.3 Å². The number of hydrogen-bond donors (Lipinski definition) is 1. The number of carbonyl (C=O) groups excluding carboxylic acids is 1. The number of hydrazone groups is 1. The molecule has 0 unspecified atom stereocenters. The molecule has 1 amide bonds. The molecular formula is C20H18N4O3. The SMILES string of the molecule is O=C(N/N=C\c1cnn(Cc2ccccc2)c1)[C@@H]1COc2ccccc2O1. The second-order valence-corrected chi connectivity index (χ2v) is 6.06. The van der Waals surface area contributed by atoms with Gasteiger partial charge in [0.2, 0.25) is 6.10 Å². The van der Waals surface area contributed by atoms with Crippen molar-refractivity contribution >= 4 is 12.1 Å². The Balaban J connectivity index is 1.31. The maximum absolute atomic E-state index is 12.2. The third kappa shape index (κ3) is 4.14. The van der Waals surface area contributed by atoms with Crippen molar-refractivity contribution in [1.29, 1.82) is 0 Å². The van der Waals surface area contributed by atoms with Gasteiger partial charge in [0, 0.05) is 11.8 Å². The standard InChI is InChI=1S/C20H18N4O3/c25-20(19-14-26-17-8-4-5-9-18(17)27-19)23-21-10-16-11-22-24(13-16)12-15-6-2-1-3-7-15/h1-11,13,19H,12,14H2,(H,23,25)/b21-10-/t19-/m0/s1. The number of aromatic nitrogens is 2. The monoisotopic (exact) mass is 362 g/mol. The van der Waals surface area contributed by atoms with Crippen LogP contribution in [0.3, 0.4) is 0 Å². The first-order valence-corrected chi connectivity index (χ1v) is 8.56. The molecule has 0 fully saturated rings. The number of benzene rings is 2. The van der Waals surface area contributed by atoms with Crippen molar-refractivity contribution in [3.8, 4) is 11.5 Å². The number of fused-ring (bicyclic) bond motifs is 1. The fourth-order valence-electron chi connectivity index (χ4n) is 2.69. The zero-order valence-corrected chi connectivity index (χ0v) is 14.5. The lowest BCUT2D eigenvalue weighted by Crippen LogP contribution is -2.42. The first kappa shape index (κ1) is 16.8. The van der Waals surface area contributed by atoms with Crippen molar-refractivity contribution in [2.45, 2.75) is 12.6 Å². The van der Waals surface area contributed by atoms with Gasteiger partial charge in [-0.05, 0) is 17.7 Å². The highest BCUT2D eigenvalue weighted by Gasteiger charge is 2.26. The van der Waals surface area contributed by atoms with Crippen molar-refractivity contribution in [2.24, 2.45) is 5.10 Å². The summed E-state index contributed by atoms with van der Waals surface area (Å²) in [7, 11) is 0. The first-order valence-electron chi connectivity index (χ1n) is 8.56. The zero-order valence-electron chi connectivity index (χ0n) is 14.5. The first-order chi connectivity index (χ1) is 13.3. The van der Waals surface area contributed by atoms with Gasteiger partial charge in [-0.3, -0.25) is 9.48 Å². The molecule has 4 rings (SSSR count). The minimum absolute atomic E-state index is 0.146. The van der Waals surface area contributed by atoms with Crippen LogP contribution in [-0.4, -0.2) is 34.6 Å². The van der Waals surface area contributed by atoms with E-state index in [1.165, 1.54) is 0 Å². The van der Waals surface area contributed by atoms with Gasteiger partial charge in [0.25, 0.3) is 5.91 Å². The van der Waals surface area contributed by atoms with Crippen LogP contribution < -0.4 is 14.9 Å². The Labute approximate surface area is 156 Å². The van der Waals surface area contributed by atoms with Gasteiger partial charge in [-0.1, -0.05) is 42.5 Å². The molecular weight excluding hydrogens is 344 g/mol. The third-order valence-electron chi connectivity index (χ3n) is 4.03. The predicted molar refractivity (Wildman–Crippen MR) is 99.9 cm³/mol. The molecule has 2 heterocycles. The zero-order chi connectivity index (χ0) is 18.5. The van der Waals surface area contributed by atoms with Gasteiger partial charge in [0.05, 0.1) is 19.0 Å². The van der Waals surface area contributed by atoms with Gasteiger partial charge in [0.1, 0.15) is 6.61 Å². The van der Waals surface area contributed by atoms with E-state index in [4.69, 9.17) is 9.47 Å². The van der Waals surface area contributed by atoms with Gasteiger partial charge in [0.15, 0.2) is 11.5 Å². The molecule has 1 N–H and O–H groups in total. The Morgan fingerprint density at radius 2 is 1.96 bits per heavy atom. The van der Waals surface area contributed by atoms with E-state index in [9.17, 15) is 4.79 Å². The van der Waals surface area contributed by atoms with Gasteiger partial charge < -0.3 is 9.47 Å². The Hall–Kier alpha value is -3.61. The number of rotatable bonds is 5. The summed E-state index contributed by atoms with van der Waals surface area (Å²) in [5.74, 6) is 0.823. The van der Waals surface area contributed by atoms with Gasteiger partial charge in [-0.15, -0.1) is 0 Å². The van der Waals surface area contributed by atoms with Crippen molar-refractivity contribution in [2.75, 3.05) is 6.61 Å². The summed E-state index contributed by atoms with van der Waals surface area (Å²) in [6.45, 7) is 0.821. The van der Waals surface area contributed by atoms with Crippen LogP contribution in [-0.2, 0) is 11.3 Å². The molecule has 7 heteroatoms. The molecule has 0 spiro atoms. The Kier molecular flexibility index (Phi) is 4.82. The van der Waals surface area contributed by atoms with E-state index >= 15 is 0 Å². The van der Waals surface area contributed by atoms with E-state index in [0.29, 0.717) is 18.0 Å². The van der Waals surface area contributed by atoms with Crippen LogP contribution in [0.4, 0.5) is 0 Å². The van der Waals surface area contributed by atoms with Gasteiger partial charge in [-0.2, -0.15) is 10.2 Å². The highest BCUT2D eigenvalue weighted by molar-refractivity contribution is 5.84. The van der Waals surface area contributed by atoms with Crippen molar-refractivity contribution in [3.63, 3.8) is 0 Å². The van der Waals surface area contributed by atoms with Crippen LogP contribution >= 0.6 is 0 Å². The molecule has 1 aliphatic rings. The van der Waals surface area contributed by atoms with Crippen LogP contribution in [0.1, 0.15) is 11.1 Å². The minimum atomic E-state index is -0.738. The van der Waals surface area contributed by atoms with Crippen LogP contribution in [0.25, 0.3) is 0 Å². The third-order valence-corrected chi connectivity index (χ3v) is 4.03. The van der Waals surface area contributed by atoms with Crippen LogP contribution in [0, 0.1) is 0 Å². The largest absolute Gasteiger partial charge is 0.485 e. The number of para-hydroxylation sites is 2. The van der Waals surface area contributed by atoms with Crippen LogP contribution in [0.5, 0.6) is 11.5 Å². The van der Waals surface area contributed by atoms with E-state index in [1.54, 1.807) is 24.5 Å². The normalized spacial score (nSPS) is 15.6. The van der Waals surface area contributed by atoms with Crippen LogP contribution in [0.2, 0.25) is 0 Å². The predicted octanol–water partition coefficient (Wildman–Crippen LogP) is 2.22. The molecule has 7 nitrogen and oxygen atoms in total. The molecule has 1 aliphatic heterocycles. The average molecular weight is 362 g/mol. The maximum atomic E-state index is 12.2. The molecule has 0 saturated heterocycles. The molecule has 1 atom stereocenters. The number of carbonyl (C=O) groups is 1. The Morgan fingerprint density at radius 1 is 1.19 bits per heavy atom. The second kappa shape index (κ2) is 7.74. The minimum Gasteiger partial charge on any atom is -0.485 e. The molecule has 27 heavy (non-hydrogen) atoms. The number of nitrogens with zero attached hydrogens (tertiary/aromatic N) is 3. The van der Waals surface area contributed by atoms with E-state index in [1.807, 2.05) is 53.3 Å². The smallest absolute Gasteiger partial charge is 0.284 e. The quantitative estimate of drug-likeness (QED) is 0.558. The molecule has 0 radical (unpaired) electrons. The topological polar surface area (TPSA) is 77.7 Å². The lowest BCUT2D eigenvalue weighted by Gasteiger charge is -2.24. The summed E-state index contributed by atoms with van der Waals surface area (Å²) >= 11 is 0. The van der Waals surface area contributed by atoms with E-state index in [-0.39, 0.29) is 12.5 Å². The van der Waals surface area contributed by atoms with E-state index < -0.39 is 6.10 Å². The summed E-state index contributed by atoms with van der Waals surface area (Å²) in [5.41, 5.74) is 4.43. The average Bonchev–Trinajstić information content (AvgIpc) is 3.15. The molecule has 3 aromatic rings. The molecule has 1 aromatic heterocycles. The molecule has 0 aliphatic carbocycles. The Morgan fingerprint density at radius 3 is 2.81 bits per heavy atom. The van der Waals surface area contributed by atoms with Crippen molar-refractivity contribution in [1.82, 2.24) is 15.2 Å². The summed E-state index contributed by atoms with van der Waals surface area (Å²) in [6.07, 6.45) is 4.36. The van der Waals surface area contributed by atoms with Gasteiger partial charge >= 0.3 is 0 Å². The highest BCUT2D eigenvalue weighted by Crippen LogP contribution is 2.30. The summed E-state index contributed by atoms with van der Waals surface area (Å²) in [4.78, 5) is 12.2. The fraction of sp³-hybridized carbons (Fsp3) is 0.150. The van der Waals surface area contributed by atoms with Crippen molar-refractivity contribution in [3.05, 3.63) is 78.1 Å². The lowest BCUT2D eigenvalue weighted by molar-refractivity contribution is -0.130. The molecule has 0 saturated carbocycles. The second-order valence-electron chi connectivity index (χ2n) is 6.06. The highest BCUT2D eigenvalue weighted by atomic mass is 16.6. The fourth-order valence-corrected chi connectivity index (χ4v) is 2.69. The summed E-state index contributed by atoms with van der Waals surface area (Å²) in [6, 6.07) is 17.3. The maximum Gasteiger partial charge on any atom is 0.284 e. The summed E-state index contributed by atoms with van der Waals surface area (Å²) in [5, 5.41) is 8.27. The number of ether oxygens (including phenoxy) is 2. The number of nitrogens with one attached hydrogen (secondary N) is 1. The van der Waals surface area contributed by atoms with E-state index in [2.05, 4.69) is 15.6 Å². The number of hydrogen-bond acceptors (Lipinski definition) is 5. The van der Waals surface area contributed by atoms with E-state index in [0.717, 1.165) is 11.1 Å². The molecule has 136 valence electrons. The Bertz CT molecular complexity index is 953. The molecule has 2 aromatic carbocycles. The lowest BCUT2D eigenvalue weighted by atomic mass is 10.2. The van der Waals surface area contributed by atoms with Crippen LogP contribution in [0.15, 0.2) is 72.1 Å².